The molecular weight excluding hydrogens is 452 g/mol. The Balaban J connectivity index is 1.80. The standard InChI is InChI=1S/C22H31ClN4O6/c1-33-13-16(28)12-26-19(29)11-25-27(21(26)31)15-6-7-18(23)17(10-15)20(30)24-14-22(32)8-4-2-3-5-9-22/h6,10-11,16,18,28,32H,2-5,7-9,12-14H2,1H3,(H,24,30)/t16-,18?/m0/s1. The van der Waals surface area contributed by atoms with Crippen LogP contribution in [0.1, 0.15) is 44.9 Å². The number of amides is 1. The van der Waals surface area contributed by atoms with Crippen molar-refractivity contribution in [3.8, 4) is 0 Å². The third kappa shape index (κ3) is 6.41. The van der Waals surface area contributed by atoms with Gasteiger partial charge in [0.2, 0.25) is 5.91 Å². The van der Waals surface area contributed by atoms with Crippen molar-refractivity contribution in [2.45, 2.75) is 68.6 Å². The molecule has 0 saturated heterocycles. The number of aliphatic hydroxyl groups excluding tert-OH is 1. The largest absolute Gasteiger partial charge is 0.389 e. The Morgan fingerprint density at radius 2 is 2.03 bits per heavy atom. The molecule has 0 aromatic carbocycles. The van der Waals surface area contributed by atoms with Gasteiger partial charge in [0.1, 0.15) is 6.20 Å². The lowest BCUT2D eigenvalue weighted by Crippen LogP contribution is -2.44. The molecule has 10 nitrogen and oxygen atoms in total. The number of nitrogens with one attached hydrogen (secondary N) is 1. The summed E-state index contributed by atoms with van der Waals surface area (Å²) < 4.78 is 6.70. The summed E-state index contributed by atoms with van der Waals surface area (Å²) in [5.74, 6) is -0.421. The minimum atomic E-state index is -1.05. The van der Waals surface area contributed by atoms with Crippen LogP contribution in [0.15, 0.2) is 33.5 Å². The minimum absolute atomic E-state index is 0.0403. The molecule has 1 saturated carbocycles. The molecule has 0 radical (unpaired) electrons. The summed E-state index contributed by atoms with van der Waals surface area (Å²) in [6.45, 7) is -0.164. The summed E-state index contributed by atoms with van der Waals surface area (Å²) in [7, 11) is 1.40. The average molecular weight is 483 g/mol. The van der Waals surface area contributed by atoms with Gasteiger partial charge in [-0.2, -0.15) is 9.78 Å². The lowest BCUT2D eigenvalue weighted by molar-refractivity contribution is -0.119. The van der Waals surface area contributed by atoms with E-state index in [9.17, 15) is 24.6 Å². The third-order valence-electron chi connectivity index (χ3n) is 6.01. The molecule has 2 atom stereocenters. The predicted octanol–water partition coefficient (Wildman–Crippen LogP) is 0.392. The van der Waals surface area contributed by atoms with Gasteiger partial charge in [0.25, 0.3) is 5.56 Å². The van der Waals surface area contributed by atoms with Gasteiger partial charge in [0.05, 0.1) is 35.9 Å². The molecule has 1 amide bonds. The van der Waals surface area contributed by atoms with E-state index in [1.54, 1.807) is 6.08 Å². The van der Waals surface area contributed by atoms with Crippen LogP contribution in [-0.4, -0.2) is 67.8 Å². The minimum Gasteiger partial charge on any atom is -0.389 e. The van der Waals surface area contributed by atoms with E-state index in [1.165, 1.54) is 13.2 Å². The van der Waals surface area contributed by atoms with Gasteiger partial charge in [-0.25, -0.2) is 4.79 Å². The van der Waals surface area contributed by atoms with Crippen molar-refractivity contribution < 1.29 is 19.7 Å². The molecule has 3 rings (SSSR count). The highest BCUT2D eigenvalue weighted by Gasteiger charge is 2.30. The molecule has 0 bridgehead atoms. The van der Waals surface area contributed by atoms with E-state index < -0.39 is 34.2 Å². The van der Waals surface area contributed by atoms with Gasteiger partial charge in [0.15, 0.2) is 0 Å². The molecule has 1 aromatic heterocycles. The lowest BCUT2D eigenvalue weighted by atomic mass is 9.94. The lowest BCUT2D eigenvalue weighted by Gasteiger charge is -2.27. The van der Waals surface area contributed by atoms with Crippen LogP contribution in [0.5, 0.6) is 0 Å². The molecule has 2 aliphatic carbocycles. The van der Waals surface area contributed by atoms with E-state index in [1.807, 2.05) is 0 Å². The zero-order valence-electron chi connectivity index (χ0n) is 18.7. The number of nitrogens with zero attached hydrogens (tertiary/aromatic N) is 3. The van der Waals surface area contributed by atoms with E-state index in [0.29, 0.717) is 18.5 Å². The van der Waals surface area contributed by atoms with Crippen LogP contribution in [-0.2, 0) is 16.1 Å². The molecule has 0 aliphatic heterocycles. The summed E-state index contributed by atoms with van der Waals surface area (Å²) in [6.07, 6.45) is 8.59. The van der Waals surface area contributed by atoms with Gasteiger partial charge >= 0.3 is 5.69 Å². The number of hydrogen-bond acceptors (Lipinski definition) is 7. The molecule has 182 valence electrons. The molecule has 3 N–H and O–H groups in total. The fourth-order valence-corrected chi connectivity index (χ4v) is 4.41. The molecule has 1 heterocycles. The Kier molecular flexibility index (Phi) is 8.63. The fourth-order valence-electron chi connectivity index (χ4n) is 4.16. The first kappa shape index (κ1) is 25.4. The summed E-state index contributed by atoms with van der Waals surface area (Å²) in [4.78, 5) is 37.9. The molecule has 1 unspecified atom stereocenters. The summed E-state index contributed by atoms with van der Waals surface area (Å²) >= 11 is 6.37. The zero-order chi connectivity index (χ0) is 24.0. The molecular formula is C22H31ClN4O6. The van der Waals surface area contributed by atoms with Crippen molar-refractivity contribution in [3.05, 3.63) is 44.8 Å². The Labute approximate surface area is 196 Å². The average Bonchev–Trinajstić information content (AvgIpc) is 3.01. The first-order valence-electron chi connectivity index (χ1n) is 11.2. The van der Waals surface area contributed by atoms with Gasteiger partial charge in [0, 0.05) is 19.2 Å². The fraction of sp³-hybridized carbons (Fsp3) is 0.636. The SMILES string of the molecule is COC[C@@H](O)Cn1c(=O)cnn(C2=CCC(Cl)C(C(=O)NCC3(O)CCCCCC3)=C2)c1=O. The van der Waals surface area contributed by atoms with Crippen molar-refractivity contribution >= 4 is 23.2 Å². The maximum Gasteiger partial charge on any atom is 0.352 e. The first-order chi connectivity index (χ1) is 15.7. The molecule has 1 aromatic rings. The smallest absolute Gasteiger partial charge is 0.352 e. The van der Waals surface area contributed by atoms with Crippen molar-refractivity contribution in [2.75, 3.05) is 20.3 Å². The number of aromatic nitrogens is 3. The van der Waals surface area contributed by atoms with Gasteiger partial charge in [-0.05, 0) is 25.3 Å². The van der Waals surface area contributed by atoms with Crippen LogP contribution in [0.25, 0.3) is 5.70 Å². The zero-order valence-corrected chi connectivity index (χ0v) is 19.5. The van der Waals surface area contributed by atoms with Crippen LogP contribution < -0.4 is 16.6 Å². The maximum absolute atomic E-state index is 12.9. The van der Waals surface area contributed by atoms with Gasteiger partial charge in [-0.3, -0.25) is 14.2 Å². The van der Waals surface area contributed by atoms with Crippen LogP contribution >= 0.6 is 11.6 Å². The quantitative estimate of drug-likeness (QED) is 0.360. The Bertz CT molecular complexity index is 1020. The van der Waals surface area contributed by atoms with Gasteiger partial charge < -0.3 is 20.3 Å². The molecule has 33 heavy (non-hydrogen) atoms. The highest BCUT2D eigenvalue weighted by molar-refractivity contribution is 6.26. The van der Waals surface area contributed by atoms with E-state index in [2.05, 4.69) is 10.4 Å². The van der Waals surface area contributed by atoms with E-state index in [-0.39, 0.29) is 31.7 Å². The van der Waals surface area contributed by atoms with Crippen molar-refractivity contribution in [2.24, 2.45) is 0 Å². The number of aliphatic hydroxyl groups is 2. The second-order valence-electron chi connectivity index (χ2n) is 8.65. The highest BCUT2D eigenvalue weighted by Crippen LogP contribution is 2.27. The van der Waals surface area contributed by atoms with Crippen LogP contribution in [0, 0.1) is 0 Å². The second kappa shape index (κ2) is 11.2. The predicted molar refractivity (Wildman–Crippen MR) is 123 cm³/mol. The number of carbonyl (C=O) groups excluding carboxylic acids is 1. The highest BCUT2D eigenvalue weighted by atomic mass is 35.5. The van der Waals surface area contributed by atoms with Gasteiger partial charge in [-0.15, -0.1) is 11.6 Å². The van der Waals surface area contributed by atoms with E-state index in [0.717, 1.165) is 41.1 Å². The van der Waals surface area contributed by atoms with E-state index >= 15 is 0 Å². The Morgan fingerprint density at radius 1 is 1.33 bits per heavy atom. The van der Waals surface area contributed by atoms with Crippen molar-refractivity contribution in [1.82, 2.24) is 19.7 Å². The van der Waals surface area contributed by atoms with Crippen molar-refractivity contribution in [3.63, 3.8) is 0 Å². The Morgan fingerprint density at radius 3 is 2.70 bits per heavy atom. The monoisotopic (exact) mass is 482 g/mol. The van der Waals surface area contributed by atoms with Crippen molar-refractivity contribution in [1.29, 1.82) is 0 Å². The van der Waals surface area contributed by atoms with Crippen LogP contribution in [0.3, 0.4) is 0 Å². The number of allylic oxidation sites excluding steroid dienone is 3. The summed E-state index contributed by atoms with van der Waals surface area (Å²) in [6, 6.07) is 0. The maximum atomic E-state index is 12.9. The third-order valence-corrected chi connectivity index (χ3v) is 6.42. The molecule has 0 spiro atoms. The molecule has 2 aliphatic rings. The van der Waals surface area contributed by atoms with Gasteiger partial charge in [-0.1, -0.05) is 31.8 Å². The number of halogens is 1. The van der Waals surface area contributed by atoms with Crippen LogP contribution in [0.2, 0.25) is 0 Å². The molecule has 11 heteroatoms. The second-order valence-corrected chi connectivity index (χ2v) is 9.18. The normalized spacial score (nSPS) is 21.5. The summed E-state index contributed by atoms with van der Waals surface area (Å²) in [5, 5.41) is 26.8. The van der Waals surface area contributed by atoms with E-state index in [4.69, 9.17) is 16.3 Å². The number of methoxy groups -OCH3 is 1. The van der Waals surface area contributed by atoms with Crippen LogP contribution in [0.4, 0.5) is 0 Å². The topological polar surface area (TPSA) is 136 Å². The number of rotatable bonds is 8. The number of hydrogen-bond donors (Lipinski definition) is 3. The Hall–Kier alpha value is -2.27. The molecule has 1 fully saturated rings. The number of ether oxygens (including phenoxy) is 1. The summed E-state index contributed by atoms with van der Waals surface area (Å²) in [5.41, 5.74) is -1.79. The first-order valence-corrected chi connectivity index (χ1v) is 11.6. The number of alkyl halides is 1. The number of carbonyl (C=O) groups is 1.